The Morgan fingerprint density at radius 3 is 2.94 bits per heavy atom. The van der Waals surface area contributed by atoms with Gasteiger partial charge in [-0.15, -0.1) is 0 Å². The number of aromatic nitrogens is 2. The molecule has 0 aliphatic carbocycles. The van der Waals surface area contributed by atoms with E-state index >= 15 is 0 Å². The summed E-state index contributed by atoms with van der Waals surface area (Å²) >= 11 is 0. The Labute approximate surface area is 89.9 Å². The van der Waals surface area contributed by atoms with Crippen molar-refractivity contribution < 1.29 is 14.9 Å². The molecule has 2 rings (SSSR count). The first-order valence-electron chi connectivity index (χ1n) is 4.80. The number of hydrogen-bond donors (Lipinski definition) is 3. The van der Waals surface area contributed by atoms with Gasteiger partial charge in [-0.3, -0.25) is 14.3 Å². The number of hydrogen-bond acceptors (Lipinski definition) is 5. The number of ether oxygens (including phenoxy) is 1. The van der Waals surface area contributed by atoms with Crippen molar-refractivity contribution in [2.45, 2.75) is 18.2 Å². The van der Waals surface area contributed by atoms with E-state index in [9.17, 15) is 14.7 Å². The molecule has 1 aromatic rings. The highest BCUT2D eigenvalue weighted by atomic mass is 16.5. The Balaban J connectivity index is 2.27. The minimum atomic E-state index is -1.32. The van der Waals surface area contributed by atoms with E-state index in [1.807, 2.05) is 0 Å². The van der Waals surface area contributed by atoms with Crippen LogP contribution in [0, 0.1) is 0 Å². The van der Waals surface area contributed by atoms with Crippen molar-refractivity contribution >= 4 is 0 Å². The highest BCUT2D eigenvalue weighted by Crippen LogP contribution is 2.29. The molecular weight excluding hydrogens is 216 g/mol. The zero-order chi connectivity index (χ0) is 11.8. The molecule has 1 aromatic heterocycles. The fourth-order valence-corrected chi connectivity index (χ4v) is 1.64. The lowest BCUT2D eigenvalue weighted by Crippen LogP contribution is -2.35. The minimum absolute atomic E-state index is 0.0419. The molecule has 1 saturated heterocycles. The molecule has 0 aromatic carbocycles. The van der Waals surface area contributed by atoms with E-state index in [4.69, 9.17) is 9.84 Å². The van der Waals surface area contributed by atoms with Crippen molar-refractivity contribution in [3.63, 3.8) is 0 Å². The second-order valence-corrected chi connectivity index (χ2v) is 3.87. The molecule has 1 aliphatic rings. The van der Waals surface area contributed by atoms with Gasteiger partial charge in [-0.1, -0.05) is 0 Å². The third-order valence-electron chi connectivity index (χ3n) is 2.55. The van der Waals surface area contributed by atoms with Gasteiger partial charge in [0.1, 0.15) is 11.8 Å². The molecule has 0 unspecified atom stereocenters. The Kier molecular flexibility index (Phi) is 2.66. The maximum Gasteiger partial charge on any atom is 0.330 e. The highest BCUT2D eigenvalue weighted by molar-refractivity contribution is 4.90. The van der Waals surface area contributed by atoms with Gasteiger partial charge < -0.3 is 14.9 Å². The molecule has 0 spiro atoms. The van der Waals surface area contributed by atoms with Gasteiger partial charge in [0.2, 0.25) is 0 Å². The first-order valence-corrected chi connectivity index (χ1v) is 4.80. The van der Waals surface area contributed by atoms with Crippen LogP contribution in [0.5, 0.6) is 0 Å². The molecular formula is C9H12N2O5. The van der Waals surface area contributed by atoms with E-state index in [-0.39, 0.29) is 13.0 Å². The summed E-state index contributed by atoms with van der Waals surface area (Å²) in [6.45, 7) is -0.471. The number of aromatic amines is 1. The number of aliphatic hydroxyl groups excluding tert-OH is 1. The number of rotatable bonds is 2. The van der Waals surface area contributed by atoms with Crippen LogP contribution in [0.2, 0.25) is 0 Å². The summed E-state index contributed by atoms with van der Waals surface area (Å²) in [6, 6.07) is 1.20. The van der Waals surface area contributed by atoms with Crippen LogP contribution < -0.4 is 11.2 Å². The molecule has 0 radical (unpaired) electrons. The Morgan fingerprint density at radius 1 is 1.62 bits per heavy atom. The number of aliphatic hydroxyl groups is 2. The molecule has 0 saturated carbocycles. The van der Waals surface area contributed by atoms with Crippen LogP contribution in [0.25, 0.3) is 0 Å². The van der Waals surface area contributed by atoms with E-state index in [2.05, 4.69) is 4.98 Å². The van der Waals surface area contributed by atoms with Crippen LogP contribution in [-0.2, 0) is 4.74 Å². The van der Waals surface area contributed by atoms with E-state index in [1.54, 1.807) is 0 Å². The number of H-pyrrole nitrogens is 1. The predicted molar refractivity (Wildman–Crippen MR) is 53.0 cm³/mol. The Bertz CT molecular complexity index is 493. The maximum absolute atomic E-state index is 11.4. The molecule has 1 fully saturated rings. The van der Waals surface area contributed by atoms with Gasteiger partial charge in [-0.25, -0.2) is 4.79 Å². The van der Waals surface area contributed by atoms with E-state index in [0.29, 0.717) is 0 Å². The fourth-order valence-electron chi connectivity index (χ4n) is 1.64. The quantitative estimate of drug-likeness (QED) is 0.552. The van der Waals surface area contributed by atoms with Crippen LogP contribution in [0.1, 0.15) is 12.6 Å². The van der Waals surface area contributed by atoms with Crippen LogP contribution in [0.4, 0.5) is 0 Å². The third kappa shape index (κ3) is 1.92. The SMILES string of the molecule is O=c1ccn([C@H]2C[C@@](O)(CO)CO2)c(=O)[nH]1. The normalized spacial score (nSPS) is 29.5. The number of nitrogens with zero attached hydrogens (tertiary/aromatic N) is 1. The molecule has 16 heavy (non-hydrogen) atoms. The fraction of sp³-hybridized carbons (Fsp3) is 0.556. The van der Waals surface area contributed by atoms with E-state index in [1.165, 1.54) is 16.8 Å². The highest BCUT2D eigenvalue weighted by Gasteiger charge is 2.39. The third-order valence-corrected chi connectivity index (χ3v) is 2.55. The summed E-state index contributed by atoms with van der Waals surface area (Å²) in [7, 11) is 0. The summed E-state index contributed by atoms with van der Waals surface area (Å²) in [5, 5.41) is 18.6. The summed E-state index contributed by atoms with van der Waals surface area (Å²) in [5.74, 6) is 0. The average molecular weight is 228 g/mol. The molecule has 7 heteroatoms. The lowest BCUT2D eigenvalue weighted by Gasteiger charge is -2.16. The summed E-state index contributed by atoms with van der Waals surface area (Å²) in [6.07, 6.45) is 0.742. The van der Waals surface area contributed by atoms with Gasteiger partial charge in [0.05, 0.1) is 13.2 Å². The Hall–Kier alpha value is -1.44. The van der Waals surface area contributed by atoms with Crippen molar-refractivity contribution in [2.24, 2.45) is 0 Å². The standard InChI is InChI=1S/C9H12N2O5/c12-4-9(15)3-7(16-5-9)11-2-1-6(13)10-8(11)14/h1-2,7,12,15H,3-5H2,(H,10,13,14)/t7-,9-/m1/s1. The molecule has 1 aliphatic heterocycles. The van der Waals surface area contributed by atoms with E-state index < -0.39 is 29.7 Å². The molecule has 88 valence electrons. The van der Waals surface area contributed by atoms with Crippen LogP contribution in [0.15, 0.2) is 21.9 Å². The van der Waals surface area contributed by atoms with Gasteiger partial charge in [0, 0.05) is 18.7 Å². The zero-order valence-corrected chi connectivity index (χ0v) is 8.42. The van der Waals surface area contributed by atoms with Crippen LogP contribution in [-0.4, -0.2) is 38.6 Å². The second-order valence-electron chi connectivity index (χ2n) is 3.87. The van der Waals surface area contributed by atoms with Gasteiger partial charge >= 0.3 is 5.69 Å². The summed E-state index contributed by atoms with van der Waals surface area (Å²) < 4.78 is 6.37. The largest absolute Gasteiger partial charge is 0.393 e. The van der Waals surface area contributed by atoms with E-state index in [0.717, 1.165) is 0 Å². The molecule has 2 heterocycles. The smallest absolute Gasteiger partial charge is 0.330 e. The Morgan fingerprint density at radius 2 is 2.38 bits per heavy atom. The maximum atomic E-state index is 11.4. The molecule has 2 atom stereocenters. The molecule has 0 amide bonds. The van der Waals surface area contributed by atoms with Crippen molar-refractivity contribution in [1.82, 2.24) is 9.55 Å². The van der Waals surface area contributed by atoms with Crippen LogP contribution in [0.3, 0.4) is 0 Å². The van der Waals surface area contributed by atoms with Gasteiger partial charge in [0.15, 0.2) is 0 Å². The lowest BCUT2D eigenvalue weighted by atomic mass is 10.0. The average Bonchev–Trinajstić information content (AvgIpc) is 2.62. The number of nitrogens with one attached hydrogen (secondary N) is 1. The first-order chi connectivity index (χ1) is 7.54. The molecule has 7 nitrogen and oxygen atoms in total. The summed E-state index contributed by atoms with van der Waals surface area (Å²) in [5.41, 5.74) is -2.41. The topological polar surface area (TPSA) is 105 Å². The second kappa shape index (κ2) is 3.85. The van der Waals surface area contributed by atoms with Gasteiger partial charge in [-0.2, -0.15) is 0 Å². The van der Waals surface area contributed by atoms with Crippen molar-refractivity contribution in [3.05, 3.63) is 33.1 Å². The van der Waals surface area contributed by atoms with Crippen molar-refractivity contribution in [1.29, 1.82) is 0 Å². The predicted octanol–water partition coefficient (Wildman–Crippen LogP) is -1.82. The monoisotopic (exact) mass is 228 g/mol. The van der Waals surface area contributed by atoms with Crippen molar-refractivity contribution in [2.75, 3.05) is 13.2 Å². The van der Waals surface area contributed by atoms with Crippen molar-refractivity contribution in [3.8, 4) is 0 Å². The minimum Gasteiger partial charge on any atom is -0.393 e. The van der Waals surface area contributed by atoms with Gasteiger partial charge in [-0.05, 0) is 0 Å². The molecule has 3 N–H and O–H groups in total. The zero-order valence-electron chi connectivity index (χ0n) is 8.42. The summed E-state index contributed by atoms with van der Waals surface area (Å²) in [4.78, 5) is 24.3. The van der Waals surface area contributed by atoms with Crippen LogP contribution >= 0.6 is 0 Å². The first kappa shape index (κ1) is 11.1. The molecule has 0 bridgehead atoms. The van der Waals surface area contributed by atoms with Gasteiger partial charge in [0.25, 0.3) is 5.56 Å². The lowest BCUT2D eigenvalue weighted by molar-refractivity contribution is -0.0239.